The third-order valence-electron chi connectivity index (χ3n) is 7.95. The number of aliphatic hydroxyl groups is 1. The van der Waals surface area contributed by atoms with Crippen molar-refractivity contribution in [1.29, 1.82) is 0 Å². The fourth-order valence-electron chi connectivity index (χ4n) is 5.50. The Bertz CT molecular complexity index is 1530. The lowest BCUT2D eigenvalue weighted by Crippen LogP contribution is -2.35. The van der Waals surface area contributed by atoms with E-state index in [1.54, 1.807) is 14.2 Å². The SMILES string of the molecule is COc1ccc(C(CN(Cc2ccccc2)C(CO)c2ccc(OCc3ccccc3)c(N)c2)c2ccc(OC)cc2)cc1. The molecule has 0 radical (unpaired) electrons. The molecule has 5 aromatic rings. The van der Waals surface area contributed by atoms with Gasteiger partial charge in [0.25, 0.3) is 0 Å². The van der Waals surface area contributed by atoms with Gasteiger partial charge in [0.05, 0.1) is 32.6 Å². The third kappa shape index (κ3) is 7.78. The number of aliphatic hydroxyl groups excluding tert-OH is 1. The number of benzene rings is 5. The van der Waals surface area contributed by atoms with Crippen molar-refractivity contribution in [3.8, 4) is 17.2 Å². The highest BCUT2D eigenvalue weighted by molar-refractivity contribution is 5.55. The second-order valence-electron chi connectivity index (χ2n) is 10.8. The van der Waals surface area contributed by atoms with Gasteiger partial charge in [-0.25, -0.2) is 0 Å². The number of hydrogen-bond donors (Lipinski definition) is 2. The maximum atomic E-state index is 10.9. The second kappa shape index (κ2) is 15.1. The summed E-state index contributed by atoms with van der Waals surface area (Å²) >= 11 is 0. The fourth-order valence-corrected chi connectivity index (χ4v) is 5.50. The molecule has 0 bridgehead atoms. The van der Waals surface area contributed by atoms with Crippen LogP contribution in [0.5, 0.6) is 17.2 Å². The van der Waals surface area contributed by atoms with Crippen LogP contribution in [0.25, 0.3) is 0 Å². The lowest BCUT2D eigenvalue weighted by atomic mass is 9.89. The maximum Gasteiger partial charge on any atom is 0.142 e. The molecular weight excluding hydrogens is 548 g/mol. The Labute approximate surface area is 260 Å². The van der Waals surface area contributed by atoms with Crippen molar-refractivity contribution in [2.75, 3.05) is 33.1 Å². The Morgan fingerprint density at radius 2 is 1.18 bits per heavy atom. The van der Waals surface area contributed by atoms with Crippen molar-refractivity contribution in [2.24, 2.45) is 0 Å². The van der Waals surface area contributed by atoms with E-state index < -0.39 is 0 Å². The number of nitrogens with zero attached hydrogens (tertiary/aromatic N) is 1. The van der Waals surface area contributed by atoms with Crippen LogP contribution in [0.15, 0.2) is 127 Å². The zero-order valence-electron chi connectivity index (χ0n) is 25.3. The van der Waals surface area contributed by atoms with Crippen molar-refractivity contribution >= 4 is 5.69 Å². The number of rotatable bonds is 14. The van der Waals surface area contributed by atoms with Crippen LogP contribution in [-0.4, -0.2) is 37.4 Å². The summed E-state index contributed by atoms with van der Waals surface area (Å²) in [5.74, 6) is 2.25. The average Bonchev–Trinajstić information content (AvgIpc) is 3.08. The maximum absolute atomic E-state index is 10.9. The van der Waals surface area contributed by atoms with Gasteiger partial charge < -0.3 is 25.1 Å². The second-order valence-corrected chi connectivity index (χ2v) is 10.8. The molecule has 0 aliphatic rings. The standard InChI is InChI=1S/C38H40N2O4/c1-42-33-18-13-30(14-19-33)35(31-15-20-34(43-2)21-16-31)25-40(24-28-9-5-3-6-10-28)37(26-41)32-17-22-38(36(39)23-32)44-27-29-11-7-4-8-12-29/h3-23,35,37,41H,24-27,39H2,1-2H3. The number of nitrogens with two attached hydrogens (primary N) is 1. The molecule has 6 nitrogen and oxygen atoms in total. The van der Waals surface area contributed by atoms with Gasteiger partial charge >= 0.3 is 0 Å². The van der Waals surface area contributed by atoms with Crippen LogP contribution in [0.2, 0.25) is 0 Å². The fraction of sp³-hybridized carbons (Fsp3) is 0.211. The molecule has 0 saturated heterocycles. The number of methoxy groups -OCH3 is 2. The number of hydrogen-bond acceptors (Lipinski definition) is 6. The molecule has 0 aliphatic carbocycles. The molecule has 44 heavy (non-hydrogen) atoms. The summed E-state index contributed by atoms with van der Waals surface area (Å²) in [5.41, 5.74) is 12.5. The van der Waals surface area contributed by atoms with Crippen LogP contribution < -0.4 is 19.9 Å². The Hall–Kier alpha value is -4.78. The van der Waals surface area contributed by atoms with Crippen molar-refractivity contribution in [3.05, 3.63) is 155 Å². The Balaban J connectivity index is 1.48. The van der Waals surface area contributed by atoms with Gasteiger partial charge in [0.15, 0.2) is 0 Å². The van der Waals surface area contributed by atoms with Gasteiger partial charge in [-0.15, -0.1) is 0 Å². The van der Waals surface area contributed by atoms with Crippen molar-refractivity contribution in [2.45, 2.75) is 25.1 Å². The van der Waals surface area contributed by atoms with E-state index >= 15 is 0 Å². The molecule has 0 fully saturated rings. The highest BCUT2D eigenvalue weighted by atomic mass is 16.5. The van der Waals surface area contributed by atoms with Crippen LogP contribution in [0.4, 0.5) is 5.69 Å². The van der Waals surface area contributed by atoms with Crippen LogP contribution >= 0.6 is 0 Å². The van der Waals surface area contributed by atoms with E-state index in [4.69, 9.17) is 19.9 Å². The molecule has 0 saturated carbocycles. The van der Waals surface area contributed by atoms with Gasteiger partial charge in [0.2, 0.25) is 0 Å². The minimum absolute atomic E-state index is 0.00963. The van der Waals surface area contributed by atoms with E-state index in [0.29, 0.717) is 31.1 Å². The molecule has 5 aromatic carbocycles. The molecular formula is C38H40N2O4. The molecule has 0 heterocycles. The summed E-state index contributed by atoms with van der Waals surface area (Å²) in [6.45, 7) is 1.64. The summed E-state index contributed by atoms with van der Waals surface area (Å²) in [4.78, 5) is 2.33. The first-order chi connectivity index (χ1) is 21.6. The monoisotopic (exact) mass is 588 g/mol. The molecule has 6 heteroatoms. The van der Waals surface area contributed by atoms with Gasteiger partial charge in [-0.2, -0.15) is 0 Å². The first-order valence-corrected chi connectivity index (χ1v) is 14.8. The number of anilines is 1. The molecule has 1 unspecified atom stereocenters. The highest BCUT2D eigenvalue weighted by Crippen LogP contribution is 2.34. The Morgan fingerprint density at radius 3 is 1.68 bits per heavy atom. The van der Waals surface area contributed by atoms with Crippen LogP contribution in [0.3, 0.4) is 0 Å². The predicted molar refractivity (Wildman–Crippen MR) is 176 cm³/mol. The molecule has 0 amide bonds. The molecule has 226 valence electrons. The molecule has 3 N–H and O–H groups in total. The highest BCUT2D eigenvalue weighted by Gasteiger charge is 2.26. The quantitative estimate of drug-likeness (QED) is 0.133. The smallest absolute Gasteiger partial charge is 0.142 e. The third-order valence-corrected chi connectivity index (χ3v) is 7.95. The zero-order valence-corrected chi connectivity index (χ0v) is 25.3. The Morgan fingerprint density at radius 1 is 0.659 bits per heavy atom. The zero-order chi connectivity index (χ0) is 30.7. The minimum atomic E-state index is -0.306. The van der Waals surface area contributed by atoms with E-state index in [2.05, 4.69) is 41.3 Å². The van der Waals surface area contributed by atoms with Crippen LogP contribution in [0, 0.1) is 0 Å². The summed E-state index contributed by atoms with van der Waals surface area (Å²) in [5, 5.41) is 10.9. The van der Waals surface area contributed by atoms with Crippen molar-refractivity contribution in [1.82, 2.24) is 4.90 Å². The lowest BCUT2D eigenvalue weighted by Gasteiger charge is -2.35. The summed E-state index contributed by atoms with van der Waals surface area (Å²) in [6.07, 6.45) is 0. The van der Waals surface area contributed by atoms with E-state index in [9.17, 15) is 5.11 Å². The first-order valence-electron chi connectivity index (χ1n) is 14.8. The van der Waals surface area contributed by atoms with Crippen LogP contribution in [-0.2, 0) is 13.2 Å². The van der Waals surface area contributed by atoms with Gasteiger partial charge in [-0.3, -0.25) is 4.90 Å². The average molecular weight is 589 g/mol. The van der Waals surface area contributed by atoms with E-state index in [-0.39, 0.29) is 18.6 Å². The predicted octanol–water partition coefficient (Wildman–Crippen LogP) is 7.23. The van der Waals surface area contributed by atoms with Gasteiger partial charge in [-0.05, 0) is 64.2 Å². The normalized spacial score (nSPS) is 11.8. The first kappa shape index (κ1) is 30.7. The van der Waals surface area contributed by atoms with Gasteiger partial charge in [-0.1, -0.05) is 91.0 Å². The molecule has 5 rings (SSSR count). The van der Waals surface area contributed by atoms with Crippen LogP contribution in [0.1, 0.15) is 39.8 Å². The van der Waals surface area contributed by atoms with Crippen molar-refractivity contribution < 1.29 is 19.3 Å². The van der Waals surface area contributed by atoms with Gasteiger partial charge in [0.1, 0.15) is 23.9 Å². The Kier molecular flexibility index (Phi) is 10.5. The van der Waals surface area contributed by atoms with E-state index in [1.165, 1.54) is 0 Å². The molecule has 0 aliphatic heterocycles. The minimum Gasteiger partial charge on any atom is -0.497 e. The van der Waals surface area contributed by atoms with Crippen molar-refractivity contribution in [3.63, 3.8) is 0 Å². The number of nitrogen functional groups attached to an aromatic ring is 1. The molecule has 1 atom stereocenters. The topological polar surface area (TPSA) is 77.2 Å². The summed E-state index contributed by atoms with van der Waals surface area (Å²) in [6, 6.07) is 42.3. The van der Waals surface area contributed by atoms with E-state index in [1.807, 2.05) is 91.0 Å². The van der Waals surface area contributed by atoms with E-state index in [0.717, 1.165) is 39.3 Å². The van der Waals surface area contributed by atoms with Gasteiger partial charge in [0, 0.05) is 19.0 Å². The summed E-state index contributed by atoms with van der Waals surface area (Å²) in [7, 11) is 3.35. The molecule has 0 aromatic heterocycles. The molecule has 0 spiro atoms. The lowest BCUT2D eigenvalue weighted by molar-refractivity contribution is 0.113. The number of ether oxygens (including phenoxy) is 3. The summed E-state index contributed by atoms with van der Waals surface area (Å²) < 4.78 is 16.9. The largest absolute Gasteiger partial charge is 0.497 e.